The van der Waals surface area contributed by atoms with E-state index in [1.807, 2.05) is 0 Å². The van der Waals surface area contributed by atoms with E-state index in [9.17, 15) is 0 Å². The second-order valence-corrected chi connectivity index (χ2v) is 47.9. The first-order chi connectivity index (χ1) is 25.0. The minimum absolute atomic E-state index is 0.504. The Morgan fingerprint density at radius 2 is 0.627 bits per heavy atom. The van der Waals surface area contributed by atoms with Crippen LogP contribution in [0.3, 0.4) is 0 Å². The molecule has 0 radical (unpaired) electrons. The monoisotopic (exact) mass is 734 g/mol. The van der Waals surface area contributed by atoms with Crippen molar-refractivity contribution in [3.63, 3.8) is 0 Å². The Morgan fingerprint density at radius 1 is 0.353 bits per heavy atom. The van der Waals surface area contributed by atoms with Crippen LogP contribution < -0.4 is 21.2 Å². The van der Waals surface area contributed by atoms with Crippen molar-refractivity contribution in [2.24, 2.45) is 0 Å². The molecule has 0 aliphatic carbocycles. The molecule has 10 saturated heterocycles. The fourth-order valence-corrected chi connectivity index (χ4v) is 135. The second-order valence-electron chi connectivity index (χ2n) is 19.5. The first-order valence-electron chi connectivity index (χ1n) is 19.1. The molecule has 0 amide bonds. The Bertz CT molecular complexity index is 2720. The molecule has 0 N–H and O–H groups in total. The molecule has 0 nitrogen and oxygen atoms in total. The standard InChI is InChI=1S/2C24H20P.Fe/c2*1-4-11-20(12-5-1)19-21-13-10-18-24(21)25(22-14-6-2-7-15-22)23-16-8-3-9-17-23;/h2*1-18H,19H2;. The van der Waals surface area contributed by atoms with Crippen LogP contribution in [0.2, 0.25) is 37.5 Å². The second kappa shape index (κ2) is 5.00. The summed E-state index contributed by atoms with van der Waals surface area (Å²) in [7, 11) is -1.01. The van der Waals surface area contributed by atoms with Gasteiger partial charge in [0, 0.05) is 0 Å². The molecule has 250 valence electrons. The molecule has 16 rings (SSSR count). The van der Waals surface area contributed by atoms with Crippen molar-refractivity contribution in [3.05, 3.63) is 193 Å². The van der Waals surface area contributed by atoms with Crippen molar-refractivity contribution < 1.29 is 6.51 Å². The van der Waals surface area contributed by atoms with Gasteiger partial charge in [-0.15, -0.1) is 0 Å². The van der Waals surface area contributed by atoms with Crippen molar-refractivity contribution >= 4 is 37.1 Å². The molecule has 0 saturated carbocycles. The third-order valence-electron chi connectivity index (χ3n) is 23.0. The van der Waals surface area contributed by atoms with Gasteiger partial charge in [-0.05, 0) is 0 Å². The summed E-state index contributed by atoms with van der Waals surface area (Å²) in [4.78, 5) is 6.51. The third kappa shape index (κ3) is 0.823. The van der Waals surface area contributed by atoms with Gasteiger partial charge in [-0.25, -0.2) is 0 Å². The predicted octanol–water partition coefficient (Wildman–Crippen LogP) is 10.7. The van der Waals surface area contributed by atoms with Gasteiger partial charge in [0.05, 0.1) is 0 Å². The molecule has 10 aliphatic rings. The van der Waals surface area contributed by atoms with Gasteiger partial charge in [0.2, 0.25) is 0 Å². The summed E-state index contributed by atoms with van der Waals surface area (Å²) in [6.07, 6.45) is 2.74. The summed E-state index contributed by atoms with van der Waals surface area (Å²) in [6.45, 7) is -4.74. The van der Waals surface area contributed by atoms with Crippen LogP contribution in [0.4, 0.5) is 0 Å². The molecular weight excluding hydrogens is 694 g/mol. The van der Waals surface area contributed by atoms with Gasteiger partial charge >= 0.3 is 295 Å². The molecule has 0 bridgehead atoms. The van der Waals surface area contributed by atoms with Crippen molar-refractivity contribution in [3.8, 4) is 0 Å². The zero-order valence-corrected chi connectivity index (χ0v) is 31.3. The van der Waals surface area contributed by atoms with Gasteiger partial charge in [0.15, 0.2) is 0 Å². The fourth-order valence-electron chi connectivity index (χ4n) is 25.3. The van der Waals surface area contributed by atoms with E-state index in [0.29, 0.717) is 16.7 Å². The predicted molar refractivity (Wildman–Crippen MR) is 212 cm³/mol. The summed E-state index contributed by atoms with van der Waals surface area (Å²) in [5.41, 5.74) is 3.30. The Labute approximate surface area is 293 Å². The third-order valence-corrected chi connectivity index (χ3v) is 81.5. The number of hydrogen-bond donors (Lipinski definition) is 0. The number of benzene rings is 6. The fraction of sp³-hybridized carbons (Fsp3) is 0.250. The van der Waals surface area contributed by atoms with Crippen molar-refractivity contribution in [2.75, 3.05) is 0 Å². The zero-order valence-electron chi connectivity index (χ0n) is 28.4. The first kappa shape index (κ1) is 26.5. The van der Waals surface area contributed by atoms with Crippen LogP contribution in [0, 0.1) is 0 Å². The van der Waals surface area contributed by atoms with E-state index in [4.69, 9.17) is 0 Å². The summed E-state index contributed by atoms with van der Waals surface area (Å²) in [5, 5.41) is 6.75. The van der Waals surface area contributed by atoms with E-state index < -0.39 is 22.4 Å². The van der Waals surface area contributed by atoms with E-state index in [1.165, 1.54) is 12.8 Å². The quantitative estimate of drug-likeness (QED) is 0.0971. The van der Waals surface area contributed by atoms with Crippen molar-refractivity contribution in [1.82, 2.24) is 0 Å². The summed E-state index contributed by atoms with van der Waals surface area (Å²) < 4.78 is 2.22. The molecule has 10 aliphatic heterocycles. The number of rotatable bonds is 10. The van der Waals surface area contributed by atoms with Crippen LogP contribution in [0.25, 0.3) is 0 Å². The molecule has 10 fully saturated rings. The average molecular weight is 735 g/mol. The van der Waals surface area contributed by atoms with Crippen molar-refractivity contribution in [2.45, 2.75) is 58.5 Å². The molecule has 10 heterocycles. The molecule has 10 atom stereocenters. The SMILES string of the molecule is c1ccc(C[C]23[CH]4[CH]5[CH]6[C]2(P(c2ccccc2)c2ccccc2)[Fe]54632789[CH]3[CH]2[C]7(Cc2ccccc2)[C@@]8(P(c2ccccc2)c2ccccc2)[CH]39)cc1. The molecule has 6 aromatic rings. The Morgan fingerprint density at radius 3 is 0.902 bits per heavy atom. The van der Waals surface area contributed by atoms with Crippen LogP contribution in [0.1, 0.15) is 11.1 Å². The van der Waals surface area contributed by atoms with Crippen LogP contribution in [0.5, 0.6) is 0 Å². The zero-order chi connectivity index (χ0) is 33.0. The summed E-state index contributed by atoms with van der Waals surface area (Å²) in [5.74, 6) is 0. The molecule has 6 aromatic carbocycles. The Balaban J connectivity index is 1.09. The maximum absolute atomic E-state index is 4.74. The molecule has 0 aromatic heterocycles. The first-order valence-corrected chi connectivity index (χ1v) is 27.9. The molecule has 51 heavy (non-hydrogen) atoms. The minimum atomic E-state index is -4.74. The molecular formula is C48H40FeP2. The van der Waals surface area contributed by atoms with E-state index in [2.05, 4.69) is 182 Å². The van der Waals surface area contributed by atoms with Gasteiger partial charge in [0.1, 0.15) is 0 Å². The van der Waals surface area contributed by atoms with Gasteiger partial charge in [-0.2, -0.15) is 0 Å². The van der Waals surface area contributed by atoms with Crippen molar-refractivity contribution in [1.29, 1.82) is 0 Å². The summed E-state index contributed by atoms with van der Waals surface area (Å²) >= 11 is 0. The number of fused-ring (bicyclic) bond motifs is 10. The Kier molecular flexibility index (Phi) is 2.59. The van der Waals surface area contributed by atoms with E-state index >= 15 is 0 Å². The van der Waals surface area contributed by atoms with Gasteiger partial charge < -0.3 is 0 Å². The van der Waals surface area contributed by atoms with E-state index in [1.54, 1.807) is 32.3 Å². The van der Waals surface area contributed by atoms with Crippen LogP contribution >= 0.6 is 15.8 Å². The average Bonchev–Trinajstić information content (AvgIpc) is 4.17. The van der Waals surface area contributed by atoms with Gasteiger partial charge in [-0.3, -0.25) is 0 Å². The van der Waals surface area contributed by atoms with Gasteiger partial charge in [-0.1, -0.05) is 0 Å². The van der Waals surface area contributed by atoms with Gasteiger partial charge in [0.25, 0.3) is 0 Å². The molecule has 3 heteroatoms. The van der Waals surface area contributed by atoms with Crippen LogP contribution in [-0.2, 0) is 19.4 Å². The normalized spacial score (nSPS) is 51.8. The van der Waals surface area contributed by atoms with E-state index in [0.717, 1.165) is 28.9 Å². The molecule has 1 spiro atoms. The maximum atomic E-state index is 2.58. The van der Waals surface area contributed by atoms with E-state index in [-0.39, 0.29) is 0 Å². The Hall–Kier alpha value is -3.30. The van der Waals surface area contributed by atoms with Crippen LogP contribution in [0.15, 0.2) is 182 Å². The summed E-state index contributed by atoms with van der Waals surface area (Å²) in [6, 6.07) is 72.7. The topological polar surface area (TPSA) is 0 Å². The van der Waals surface area contributed by atoms with Crippen LogP contribution in [-0.4, -0.2) is 8.11 Å². The number of hydrogen-bond acceptors (Lipinski definition) is 0. The molecule has 9 unspecified atom stereocenters.